The molecule has 0 aromatic carbocycles. The number of hydrogen-bond acceptors (Lipinski definition) is 3. The van der Waals surface area contributed by atoms with Gasteiger partial charge in [-0.2, -0.15) is 0 Å². The van der Waals surface area contributed by atoms with Crippen molar-refractivity contribution in [3.8, 4) is 0 Å². The first kappa shape index (κ1) is 27.5. The minimum atomic E-state index is -1.77. The Morgan fingerprint density at radius 2 is 1.37 bits per heavy atom. The van der Waals surface area contributed by atoms with Crippen molar-refractivity contribution in [1.29, 1.82) is 0 Å². The molecule has 6 rings (SSSR count). The van der Waals surface area contributed by atoms with E-state index in [4.69, 9.17) is 9.31 Å². The van der Waals surface area contributed by atoms with Crippen molar-refractivity contribution in [3.63, 3.8) is 0 Å². The Morgan fingerprint density at radius 1 is 0.914 bits per heavy atom. The third-order valence-electron chi connectivity index (χ3n) is 11.0. The van der Waals surface area contributed by atoms with Gasteiger partial charge in [0, 0.05) is 12.2 Å². The van der Waals surface area contributed by atoms with Gasteiger partial charge in [0.25, 0.3) is 0 Å². The fraction of sp³-hybridized carbons (Fsp3) is 0.833. The Labute approximate surface area is 217 Å². The SMILES string of the molecule is C/C=C/[C@@H](O)C(=C=CB(O[C@@H]1C[C@@H]2C[C@H]([C@H]1C)C2(C)C)O[C@@H]1C[C@@H]2C[C@H]([C@H]1C)C2(C)C)[Si](C)(C)C. The predicted molar refractivity (Wildman–Crippen MR) is 150 cm³/mol. The number of fused-ring (bicyclic) bond motifs is 4. The van der Waals surface area contributed by atoms with Crippen LogP contribution in [0.2, 0.25) is 19.6 Å². The van der Waals surface area contributed by atoms with Crippen molar-refractivity contribution in [2.24, 2.45) is 46.3 Å². The van der Waals surface area contributed by atoms with Gasteiger partial charge in [-0.05, 0) is 90.1 Å². The Morgan fingerprint density at radius 3 is 1.71 bits per heavy atom. The molecule has 0 radical (unpaired) electrons. The van der Waals surface area contributed by atoms with E-state index < -0.39 is 21.3 Å². The van der Waals surface area contributed by atoms with Crippen LogP contribution in [-0.4, -0.2) is 38.6 Å². The zero-order valence-electron chi connectivity index (χ0n) is 24.1. The summed E-state index contributed by atoms with van der Waals surface area (Å²) in [6.45, 7) is 23.3. The lowest BCUT2D eigenvalue weighted by atomic mass is 9.45. The average molecular weight is 499 g/mol. The number of hydrogen-bond donors (Lipinski definition) is 1. The molecule has 3 nitrogen and oxygen atoms in total. The highest BCUT2D eigenvalue weighted by atomic mass is 28.3. The molecule has 0 amide bonds. The Hall–Kier alpha value is -0.578. The molecule has 6 fully saturated rings. The van der Waals surface area contributed by atoms with Crippen LogP contribution in [0, 0.1) is 46.3 Å². The lowest BCUT2D eigenvalue weighted by molar-refractivity contribution is -0.165. The highest BCUT2D eigenvalue weighted by Crippen LogP contribution is 2.63. The molecule has 5 heteroatoms. The summed E-state index contributed by atoms with van der Waals surface area (Å²) in [6, 6.07) is 0. The van der Waals surface area contributed by atoms with Gasteiger partial charge in [0.05, 0.1) is 14.2 Å². The highest BCUT2D eigenvalue weighted by molar-refractivity contribution is 6.83. The zero-order chi connectivity index (χ0) is 25.9. The van der Waals surface area contributed by atoms with Crippen LogP contribution in [0.15, 0.2) is 29.1 Å². The summed E-state index contributed by atoms with van der Waals surface area (Å²) in [5.74, 6) is 6.08. The van der Waals surface area contributed by atoms with E-state index in [0.717, 1.165) is 41.7 Å². The largest absolute Gasteiger partial charge is 0.494 e. The van der Waals surface area contributed by atoms with Gasteiger partial charge in [-0.15, -0.1) is 5.73 Å². The van der Waals surface area contributed by atoms with Crippen LogP contribution in [0.4, 0.5) is 0 Å². The second-order valence-corrected chi connectivity index (χ2v) is 19.6. The molecule has 0 spiro atoms. The van der Waals surface area contributed by atoms with Gasteiger partial charge >= 0.3 is 7.12 Å². The van der Waals surface area contributed by atoms with Gasteiger partial charge in [0.15, 0.2) is 0 Å². The predicted octanol–water partition coefficient (Wildman–Crippen LogP) is 7.08. The molecular weight excluding hydrogens is 447 g/mol. The molecule has 9 atom stereocenters. The number of allylic oxidation sites excluding steroid dienone is 1. The molecule has 6 aliphatic rings. The van der Waals surface area contributed by atoms with Gasteiger partial charge in [0.1, 0.15) is 0 Å². The van der Waals surface area contributed by atoms with E-state index >= 15 is 0 Å². The van der Waals surface area contributed by atoms with Crippen molar-refractivity contribution in [3.05, 3.63) is 29.1 Å². The van der Waals surface area contributed by atoms with Crippen LogP contribution in [0.5, 0.6) is 0 Å². The maximum absolute atomic E-state index is 10.8. The standard InChI is InChI=1S/C30H51BO3Si/c1-11-12-25(32)28(35(8,9)10)13-14-31(33-26-17-21-15-23(19(26)2)29(21,4)5)34-27-18-22-16-24(20(27)3)30(22,6)7/h11-12,14,19-27,32H,15-18H2,1-10H3/b12-11+/t13?,19-,20-,21+,22+,23-,24-,25-,26-,27-/m1/s1. The molecule has 0 aromatic heterocycles. The molecule has 4 bridgehead atoms. The van der Waals surface area contributed by atoms with Crippen LogP contribution in [0.1, 0.15) is 74.1 Å². The van der Waals surface area contributed by atoms with Crippen LogP contribution >= 0.6 is 0 Å². The number of aliphatic hydroxyl groups is 1. The number of aliphatic hydroxyl groups excluding tert-OH is 1. The highest BCUT2D eigenvalue weighted by Gasteiger charge is 2.58. The van der Waals surface area contributed by atoms with Crippen LogP contribution < -0.4 is 0 Å². The Balaban J connectivity index is 1.58. The molecule has 0 aromatic rings. The van der Waals surface area contributed by atoms with Crippen molar-refractivity contribution in [1.82, 2.24) is 0 Å². The average Bonchev–Trinajstić information content (AvgIpc) is 2.74. The summed E-state index contributed by atoms with van der Waals surface area (Å²) in [5, 5.41) is 11.8. The summed E-state index contributed by atoms with van der Waals surface area (Å²) in [4.78, 5) is 0. The van der Waals surface area contributed by atoms with Gasteiger partial charge in [0.2, 0.25) is 0 Å². The minimum Gasteiger partial charge on any atom is -0.404 e. The van der Waals surface area contributed by atoms with E-state index in [1.54, 1.807) is 0 Å². The maximum Gasteiger partial charge on any atom is 0.494 e. The van der Waals surface area contributed by atoms with Crippen LogP contribution in [0.3, 0.4) is 0 Å². The van der Waals surface area contributed by atoms with Gasteiger partial charge in [-0.3, -0.25) is 0 Å². The molecule has 0 unspecified atom stereocenters. The summed E-state index contributed by atoms with van der Waals surface area (Å²) < 4.78 is 13.6. The second-order valence-electron chi connectivity index (χ2n) is 14.6. The first-order valence-electron chi connectivity index (χ1n) is 14.3. The lowest BCUT2D eigenvalue weighted by Crippen LogP contribution is -2.59. The molecular formula is C30H51BO3Si. The topological polar surface area (TPSA) is 38.7 Å². The normalized spacial score (nSPS) is 39.7. The van der Waals surface area contributed by atoms with Gasteiger partial charge < -0.3 is 14.4 Å². The lowest BCUT2D eigenvalue weighted by Gasteiger charge is -2.62. The van der Waals surface area contributed by atoms with E-state index in [1.165, 1.54) is 12.8 Å². The van der Waals surface area contributed by atoms with E-state index in [1.807, 2.05) is 25.1 Å². The molecule has 0 aliphatic heterocycles. The molecule has 6 aliphatic carbocycles. The molecule has 196 valence electrons. The molecule has 0 saturated heterocycles. The summed E-state index contributed by atoms with van der Waals surface area (Å²) in [7, 11) is -2.17. The van der Waals surface area contributed by atoms with Crippen LogP contribution in [-0.2, 0) is 9.31 Å². The minimum absolute atomic E-state index is 0.232. The maximum atomic E-state index is 10.8. The number of rotatable bonds is 8. The third kappa shape index (κ3) is 4.98. The first-order chi connectivity index (χ1) is 16.2. The Bertz CT molecular complexity index is 837. The third-order valence-corrected chi connectivity index (χ3v) is 13.1. The molecule has 35 heavy (non-hydrogen) atoms. The van der Waals surface area contributed by atoms with Crippen molar-refractivity contribution in [2.45, 2.75) is 112 Å². The van der Waals surface area contributed by atoms with E-state index in [2.05, 4.69) is 66.9 Å². The van der Waals surface area contributed by atoms with Crippen LogP contribution in [0.25, 0.3) is 0 Å². The van der Waals surface area contributed by atoms with Crippen molar-refractivity contribution >= 4 is 15.2 Å². The zero-order valence-corrected chi connectivity index (χ0v) is 25.1. The van der Waals surface area contributed by atoms with E-state index in [9.17, 15) is 5.11 Å². The van der Waals surface area contributed by atoms with Gasteiger partial charge in [-0.25, -0.2) is 0 Å². The quantitative estimate of drug-likeness (QED) is 0.221. The monoisotopic (exact) mass is 498 g/mol. The van der Waals surface area contributed by atoms with E-state index in [-0.39, 0.29) is 12.2 Å². The second kappa shape index (κ2) is 9.62. The molecule has 0 heterocycles. The first-order valence-corrected chi connectivity index (χ1v) is 17.8. The van der Waals surface area contributed by atoms with Crippen molar-refractivity contribution < 1.29 is 14.4 Å². The Kier molecular flexibility index (Phi) is 7.55. The fourth-order valence-corrected chi connectivity index (χ4v) is 9.70. The summed E-state index contributed by atoms with van der Waals surface area (Å²) >= 11 is 0. The summed E-state index contributed by atoms with van der Waals surface area (Å²) in [6.07, 6.45) is 8.62. The smallest absolute Gasteiger partial charge is 0.404 e. The van der Waals surface area contributed by atoms with Gasteiger partial charge in [-0.1, -0.05) is 73.3 Å². The molecule has 1 N–H and O–H groups in total. The van der Waals surface area contributed by atoms with Crippen molar-refractivity contribution in [2.75, 3.05) is 0 Å². The van der Waals surface area contributed by atoms with E-state index in [0.29, 0.717) is 22.7 Å². The summed E-state index contributed by atoms with van der Waals surface area (Å²) in [5.41, 5.74) is 4.42. The fourth-order valence-electron chi connectivity index (χ4n) is 8.20. The molecule has 6 saturated carbocycles.